The third-order valence-corrected chi connectivity index (χ3v) is 1.90. The van der Waals surface area contributed by atoms with E-state index in [1.54, 1.807) is 0 Å². The molecule has 0 amide bonds. The van der Waals surface area contributed by atoms with E-state index in [0.717, 1.165) is 0 Å². The molecular formula is C9H12F6O4. The topological polar surface area (TPSA) is 55.8 Å². The van der Waals surface area contributed by atoms with Gasteiger partial charge in [-0.3, -0.25) is 0 Å². The Balaban J connectivity index is 4.46. The maximum Gasteiger partial charge on any atom is 0.423 e. The van der Waals surface area contributed by atoms with Crippen LogP contribution < -0.4 is 0 Å². The van der Waals surface area contributed by atoms with E-state index in [1.807, 2.05) is 0 Å². The Bertz CT molecular complexity index is 273. The summed E-state index contributed by atoms with van der Waals surface area (Å²) < 4.78 is 80.6. The number of halogens is 6. The van der Waals surface area contributed by atoms with Crippen LogP contribution in [0.5, 0.6) is 0 Å². The van der Waals surface area contributed by atoms with Gasteiger partial charge in [0.05, 0.1) is 6.61 Å². The number of rotatable bonds is 7. The summed E-state index contributed by atoms with van der Waals surface area (Å²) in [6.45, 7) is 0.352. The van der Waals surface area contributed by atoms with Crippen LogP contribution in [-0.2, 0) is 14.3 Å². The first-order valence-corrected chi connectivity index (χ1v) is 5.09. The molecule has 1 N–H and O–H groups in total. The molecule has 0 heterocycles. The number of hydrogen-bond acceptors (Lipinski definition) is 3. The van der Waals surface area contributed by atoms with Crippen LogP contribution in [0.3, 0.4) is 0 Å². The number of alkyl halides is 6. The number of ether oxygens (including phenoxy) is 2. The fraction of sp³-hybridized carbons (Fsp3) is 0.889. The quantitative estimate of drug-likeness (QED) is 0.733. The van der Waals surface area contributed by atoms with E-state index in [2.05, 4.69) is 9.47 Å². The minimum Gasteiger partial charge on any atom is -0.479 e. The number of carbonyl (C=O) groups is 1. The SMILES string of the molecule is CCOC(CCOC(C(F)(F)F)C(F)(F)F)C(=O)O. The first-order valence-electron chi connectivity index (χ1n) is 5.09. The molecular weight excluding hydrogens is 286 g/mol. The summed E-state index contributed by atoms with van der Waals surface area (Å²) in [7, 11) is 0. The fourth-order valence-corrected chi connectivity index (χ4v) is 1.15. The number of aliphatic carboxylic acids is 1. The van der Waals surface area contributed by atoms with Crippen LogP contribution in [0.4, 0.5) is 26.3 Å². The Kier molecular flexibility index (Phi) is 6.57. The number of carboxylic acid groups (broad SMARTS) is 1. The highest BCUT2D eigenvalue weighted by atomic mass is 19.4. The van der Waals surface area contributed by atoms with Crippen LogP contribution in [0.1, 0.15) is 13.3 Å². The maximum atomic E-state index is 12.1. The van der Waals surface area contributed by atoms with E-state index in [4.69, 9.17) is 5.11 Å². The van der Waals surface area contributed by atoms with Gasteiger partial charge < -0.3 is 14.6 Å². The summed E-state index contributed by atoms with van der Waals surface area (Å²) in [5.74, 6) is -1.49. The minimum atomic E-state index is -5.61. The molecule has 114 valence electrons. The molecule has 1 atom stereocenters. The van der Waals surface area contributed by atoms with Gasteiger partial charge in [0.2, 0.25) is 6.10 Å². The third-order valence-electron chi connectivity index (χ3n) is 1.90. The van der Waals surface area contributed by atoms with E-state index < -0.39 is 43.6 Å². The Labute approximate surface area is 104 Å². The average Bonchev–Trinajstić information content (AvgIpc) is 2.18. The molecule has 0 saturated heterocycles. The van der Waals surface area contributed by atoms with Crippen molar-refractivity contribution in [3.8, 4) is 0 Å². The molecule has 0 rings (SSSR count). The van der Waals surface area contributed by atoms with Gasteiger partial charge in [-0.15, -0.1) is 0 Å². The second-order valence-electron chi connectivity index (χ2n) is 3.40. The second kappa shape index (κ2) is 6.94. The summed E-state index contributed by atoms with van der Waals surface area (Å²) in [6.07, 6.45) is -17.3. The zero-order valence-electron chi connectivity index (χ0n) is 9.72. The summed E-state index contributed by atoms with van der Waals surface area (Å²) in [4.78, 5) is 10.5. The highest BCUT2D eigenvalue weighted by Gasteiger charge is 2.57. The van der Waals surface area contributed by atoms with Crippen LogP contribution in [0, 0.1) is 0 Å². The molecule has 0 aromatic heterocycles. The highest BCUT2D eigenvalue weighted by molar-refractivity contribution is 5.72. The molecule has 0 bridgehead atoms. The van der Waals surface area contributed by atoms with E-state index in [1.165, 1.54) is 6.92 Å². The van der Waals surface area contributed by atoms with E-state index in [-0.39, 0.29) is 6.61 Å². The first-order chi connectivity index (χ1) is 8.50. The molecule has 0 aliphatic carbocycles. The molecule has 0 spiro atoms. The summed E-state index contributed by atoms with van der Waals surface area (Å²) in [5, 5.41) is 8.56. The molecule has 0 aliphatic rings. The largest absolute Gasteiger partial charge is 0.479 e. The first kappa shape index (κ1) is 18.0. The van der Waals surface area contributed by atoms with Crippen LogP contribution in [-0.4, -0.2) is 48.9 Å². The Morgan fingerprint density at radius 3 is 1.89 bits per heavy atom. The van der Waals surface area contributed by atoms with Crippen LogP contribution in [0.2, 0.25) is 0 Å². The van der Waals surface area contributed by atoms with Gasteiger partial charge in [0, 0.05) is 13.0 Å². The van der Waals surface area contributed by atoms with Gasteiger partial charge in [0.1, 0.15) is 0 Å². The third kappa shape index (κ3) is 6.62. The Hall–Kier alpha value is -1.03. The second-order valence-corrected chi connectivity index (χ2v) is 3.40. The predicted octanol–water partition coefficient (Wildman–Crippen LogP) is 2.38. The molecule has 4 nitrogen and oxygen atoms in total. The van der Waals surface area contributed by atoms with Crippen LogP contribution >= 0.6 is 0 Å². The molecule has 1 unspecified atom stereocenters. The lowest BCUT2D eigenvalue weighted by Crippen LogP contribution is -2.44. The van der Waals surface area contributed by atoms with Crippen molar-refractivity contribution >= 4 is 5.97 Å². The van der Waals surface area contributed by atoms with Crippen LogP contribution in [0.25, 0.3) is 0 Å². The van der Waals surface area contributed by atoms with Crippen molar-refractivity contribution < 1.29 is 45.7 Å². The van der Waals surface area contributed by atoms with Crippen molar-refractivity contribution in [1.82, 2.24) is 0 Å². The minimum absolute atomic E-state index is 0.0427. The van der Waals surface area contributed by atoms with E-state index in [0.29, 0.717) is 0 Å². The van der Waals surface area contributed by atoms with Gasteiger partial charge in [0.25, 0.3) is 0 Å². The molecule has 0 fully saturated rings. The van der Waals surface area contributed by atoms with Gasteiger partial charge >= 0.3 is 18.3 Å². The molecule has 0 aromatic carbocycles. The summed E-state index contributed by atoms with van der Waals surface area (Å²) in [6, 6.07) is 0. The van der Waals surface area contributed by atoms with Crippen molar-refractivity contribution in [3.63, 3.8) is 0 Å². The van der Waals surface area contributed by atoms with Crippen LogP contribution in [0.15, 0.2) is 0 Å². The average molecular weight is 298 g/mol. The Morgan fingerprint density at radius 1 is 1.11 bits per heavy atom. The Morgan fingerprint density at radius 2 is 1.58 bits per heavy atom. The standard InChI is InChI=1S/C9H12F6O4/c1-2-18-5(6(16)17)3-4-19-7(8(10,11)12)9(13,14)15/h5,7H,2-4H2,1H3,(H,16,17). The molecule has 0 saturated carbocycles. The smallest absolute Gasteiger partial charge is 0.423 e. The van der Waals surface area contributed by atoms with Crippen molar-refractivity contribution in [2.45, 2.75) is 37.9 Å². The van der Waals surface area contributed by atoms with Gasteiger partial charge in [-0.1, -0.05) is 0 Å². The lowest BCUT2D eigenvalue weighted by atomic mass is 10.2. The lowest BCUT2D eigenvalue weighted by molar-refractivity contribution is -0.322. The number of hydrogen-bond donors (Lipinski definition) is 1. The van der Waals surface area contributed by atoms with Gasteiger partial charge in [-0.25, -0.2) is 4.79 Å². The van der Waals surface area contributed by atoms with Crippen molar-refractivity contribution in [2.75, 3.05) is 13.2 Å². The van der Waals surface area contributed by atoms with E-state index in [9.17, 15) is 31.1 Å². The zero-order valence-corrected chi connectivity index (χ0v) is 9.72. The molecule has 0 aromatic rings. The summed E-state index contributed by atoms with van der Waals surface area (Å²) in [5.41, 5.74) is 0. The van der Waals surface area contributed by atoms with Crippen molar-refractivity contribution in [1.29, 1.82) is 0 Å². The number of carboxylic acids is 1. The molecule has 0 radical (unpaired) electrons. The fourth-order valence-electron chi connectivity index (χ4n) is 1.15. The molecule has 0 aliphatic heterocycles. The monoisotopic (exact) mass is 298 g/mol. The molecule has 19 heavy (non-hydrogen) atoms. The van der Waals surface area contributed by atoms with Gasteiger partial charge in [-0.05, 0) is 6.92 Å². The molecule has 10 heteroatoms. The highest BCUT2D eigenvalue weighted by Crippen LogP contribution is 2.35. The zero-order chi connectivity index (χ0) is 15.3. The van der Waals surface area contributed by atoms with Gasteiger partial charge in [0.15, 0.2) is 6.10 Å². The van der Waals surface area contributed by atoms with Gasteiger partial charge in [-0.2, -0.15) is 26.3 Å². The summed E-state index contributed by atoms with van der Waals surface area (Å²) >= 11 is 0. The van der Waals surface area contributed by atoms with E-state index >= 15 is 0 Å². The van der Waals surface area contributed by atoms with Crippen molar-refractivity contribution in [3.05, 3.63) is 0 Å². The normalized spacial score (nSPS) is 14.7. The van der Waals surface area contributed by atoms with Crippen molar-refractivity contribution in [2.24, 2.45) is 0 Å². The lowest BCUT2D eigenvalue weighted by Gasteiger charge is -2.23. The predicted molar refractivity (Wildman–Crippen MR) is 49.5 cm³/mol. The maximum absolute atomic E-state index is 12.1.